The monoisotopic (exact) mass is 299 g/mol. The molecule has 0 spiro atoms. The number of methoxy groups -OCH3 is 1. The van der Waals surface area contributed by atoms with Crippen molar-refractivity contribution in [2.45, 2.75) is 30.7 Å². The summed E-state index contributed by atoms with van der Waals surface area (Å²) < 4.78 is 31.4. The molecule has 1 heterocycles. The molecule has 0 aromatic heterocycles. The van der Waals surface area contributed by atoms with Crippen molar-refractivity contribution < 1.29 is 23.1 Å². The van der Waals surface area contributed by atoms with Crippen LogP contribution >= 0.6 is 0 Å². The van der Waals surface area contributed by atoms with Crippen molar-refractivity contribution in [1.82, 2.24) is 4.31 Å². The van der Waals surface area contributed by atoms with Gasteiger partial charge in [0.2, 0.25) is 10.0 Å². The molecule has 7 heteroatoms. The zero-order valence-electron chi connectivity index (χ0n) is 11.4. The Morgan fingerprint density at radius 2 is 2.15 bits per heavy atom. The molecule has 1 unspecified atom stereocenters. The number of rotatable bonds is 4. The van der Waals surface area contributed by atoms with E-state index in [-0.39, 0.29) is 22.3 Å². The van der Waals surface area contributed by atoms with E-state index in [0.29, 0.717) is 6.54 Å². The molecule has 6 nitrogen and oxygen atoms in total. The Morgan fingerprint density at radius 1 is 1.45 bits per heavy atom. The molecule has 0 bridgehead atoms. The van der Waals surface area contributed by atoms with Crippen molar-refractivity contribution in [2.24, 2.45) is 0 Å². The second kappa shape index (κ2) is 5.41. The minimum absolute atomic E-state index is 0.00977. The lowest BCUT2D eigenvalue weighted by Gasteiger charge is -2.21. The largest absolute Gasteiger partial charge is 0.496 e. The molecule has 0 radical (unpaired) electrons. The van der Waals surface area contributed by atoms with Crippen molar-refractivity contribution in [1.29, 1.82) is 0 Å². The first-order valence-electron chi connectivity index (χ1n) is 6.31. The van der Waals surface area contributed by atoms with Crippen molar-refractivity contribution in [3.63, 3.8) is 0 Å². The summed E-state index contributed by atoms with van der Waals surface area (Å²) in [6.07, 6.45) is 1.64. The van der Waals surface area contributed by atoms with E-state index in [0.717, 1.165) is 18.9 Å². The van der Waals surface area contributed by atoms with Crippen LogP contribution in [0.3, 0.4) is 0 Å². The standard InChI is InChI=1S/C13H17NO5S/c1-9-4-3-7-14(9)20(17,18)10-5-6-12(19-2)11(8-10)13(15)16/h5-6,8-9H,3-4,7H2,1-2H3,(H,15,16). The fourth-order valence-corrected chi connectivity index (χ4v) is 4.14. The topological polar surface area (TPSA) is 83.9 Å². The molecule has 20 heavy (non-hydrogen) atoms. The molecule has 0 aliphatic carbocycles. The van der Waals surface area contributed by atoms with Crippen LogP contribution in [-0.2, 0) is 10.0 Å². The number of benzene rings is 1. The van der Waals surface area contributed by atoms with Crippen molar-refractivity contribution in [3.05, 3.63) is 23.8 Å². The van der Waals surface area contributed by atoms with Gasteiger partial charge < -0.3 is 9.84 Å². The summed E-state index contributed by atoms with van der Waals surface area (Å²) in [5.41, 5.74) is -0.152. The predicted octanol–water partition coefficient (Wildman–Crippen LogP) is 1.57. The molecule has 1 aromatic rings. The summed E-state index contributed by atoms with van der Waals surface area (Å²) in [6, 6.07) is 3.85. The molecule has 0 saturated carbocycles. The Kier molecular flexibility index (Phi) is 4.01. The Morgan fingerprint density at radius 3 is 2.65 bits per heavy atom. The molecular formula is C13H17NO5S. The van der Waals surface area contributed by atoms with Crippen LogP contribution in [0.5, 0.6) is 5.75 Å². The van der Waals surface area contributed by atoms with Gasteiger partial charge in [0, 0.05) is 12.6 Å². The molecule has 2 rings (SSSR count). The van der Waals surface area contributed by atoms with Crippen LogP contribution in [0.2, 0.25) is 0 Å². The second-order valence-electron chi connectivity index (χ2n) is 4.77. The third kappa shape index (κ3) is 2.51. The molecular weight excluding hydrogens is 282 g/mol. The summed E-state index contributed by atoms with van der Waals surface area (Å²) in [5, 5.41) is 9.12. The second-order valence-corrected chi connectivity index (χ2v) is 6.66. The number of sulfonamides is 1. The van der Waals surface area contributed by atoms with Crippen LogP contribution in [0.4, 0.5) is 0 Å². The first-order chi connectivity index (χ1) is 9.37. The third-order valence-corrected chi connectivity index (χ3v) is 5.51. The van der Waals surface area contributed by atoms with Gasteiger partial charge in [-0.2, -0.15) is 4.31 Å². The lowest BCUT2D eigenvalue weighted by Crippen LogP contribution is -2.33. The highest BCUT2D eigenvalue weighted by Gasteiger charge is 2.33. The molecule has 1 aliphatic rings. The summed E-state index contributed by atoms with van der Waals surface area (Å²) >= 11 is 0. The molecule has 1 atom stereocenters. The summed E-state index contributed by atoms with van der Waals surface area (Å²) in [7, 11) is -2.31. The number of aromatic carboxylic acids is 1. The zero-order valence-corrected chi connectivity index (χ0v) is 12.2. The fraction of sp³-hybridized carbons (Fsp3) is 0.462. The van der Waals surface area contributed by atoms with Crippen LogP contribution < -0.4 is 4.74 Å². The van der Waals surface area contributed by atoms with Gasteiger partial charge in [0.15, 0.2) is 0 Å². The van der Waals surface area contributed by atoms with Gasteiger partial charge in [-0.05, 0) is 38.0 Å². The van der Waals surface area contributed by atoms with E-state index in [1.54, 1.807) is 0 Å². The van der Waals surface area contributed by atoms with E-state index in [2.05, 4.69) is 0 Å². The van der Waals surface area contributed by atoms with Gasteiger partial charge in [-0.25, -0.2) is 13.2 Å². The predicted molar refractivity (Wildman–Crippen MR) is 72.5 cm³/mol. The van der Waals surface area contributed by atoms with E-state index >= 15 is 0 Å². The minimum Gasteiger partial charge on any atom is -0.496 e. The third-order valence-electron chi connectivity index (χ3n) is 3.50. The van der Waals surface area contributed by atoms with Crippen LogP contribution in [0.25, 0.3) is 0 Å². The highest BCUT2D eigenvalue weighted by molar-refractivity contribution is 7.89. The highest BCUT2D eigenvalue weighted by atomic mass is 32.2. The number of carbonyl (C=O) groups is 1. The maximum Gasteiger partial charge on any atom is 0.339 e. The van der Waals surface area contributed by atoms with Gasteiger partial charge in [-0.1, -0.05) is 0 Å². The van der Waals surface area contributed by atoms with Gasteiger partial charge in [0.05, 0.1) is 12.0 Å². The SMILES string of the molecule is COc1ccc(S(=O)(=O)N2CCCC2C)cc1C(=O)O. The Labute approximate surface area is 118 Å². The number of carboxylic acids is 1. The van der Waals surface area contributed by atoms with Gasteiger partial charge in [0.25, 0.3) is 0 Å². The van der Waals surface area contributed by atoms with Crippen LogP contribution in [-0.4, -0.2) is 43.5 Å². The van der Waals surface area contributed by atoms with Gasteiger partial charge in [-0.3, -0.25) is 0 Å². The normalized spacial score (nSPS) is 20.0. The Balaban J connectivity index is 2.47. The number of carboxylic acid groups (broad SMARTS) is 1. The summed E-state index contributed by atoms with van der Waals surface area (Å²) in [4.78, 5) is 11.1. The van der Waals surface area contributed by atoms with E-state index in [9.17, 15) is 13.2 Å². The van der Waals surface area contributed by atoms with E-state index < -0.39 is 16.0 Å². The van der Waals surface area contributed by atoms with Crippen molar-refractivity contribution in [2.75, 3.05) is 13.7 Å². The van der Waals surface area contributed by atoms with Gasteiger partial charge in [-0.15, -0.1) is 0 Å². The summed E-state index contributed by atoms with van der Waals surface area (Å²) in [6.45, 7) is 2.32. The number of hydrogen-bond acceptors (Lipinski definition) is 4. The minimum atomic E-state index is -3.65. The fourth-order valence-electron chi connectivity index (χ4n) is 2.41. The molecule has 1 fully saturated rings. The highest BCUT2D eigenvalue weighted by Crippen LogP contribution is 2.28. The van der Waals surface area contributed by atoms with Gasteiger partial charge in [0.1, 0.15) is 11.3 Å². The van der Waals surface area contributed by atoms with Crippen LogP contribution in [0.15, 0.2) is 23.1 Å². The van der Waals surface area contributed by atoms with Crippen LogP contribution in [0.1, 0.15) is 30.1 Å². The maximum atomic E-state index is 12.5. The number of nitrogens with zero attached hydrogens (tertiary/aromatic N) is 1. The average molecular weight is 299 g/mol. The molecule has 1 aromatic carbocycles. The average Bonchev–Trinajstić information content (AvgIpc) is 2.84. The van der Waals surface area contributed by atoms with Crippen molar-refractivity contribution >= 4 is 16.0 Å². The van der Waals surface area contributed by atoms with E-state index in [1.807, 2.05) is 6.92 Å². The number of hydrogen-bond donors (Lipinski definition) is 1. The molecule has 1 N–H and O–H groups in total. The lowest BCUT2D eigenvalue weighted by atomic mass is 10.2. The maximum absolute atomic E-state index is 12.5. The first-order valence-corrected chi connectivity index (χ1v) is 7.75. The first kappa shape index (κ1) is 14.8. The smallest absolute Gasteiger partial charge is 0.339 e. The quantitative estimate of drug-likeness (QED) is 0.912. The van der Waals surface area contributed by atoms with E-state index in [4.69, 9.17) is 9.84 Å². The number of ether oxygens (including phenoxy) is 1. The molecule has 1 aliphatic heterocycles. The Bertz CT molecular complexity index is 626. The van der Waals surface area contributed by atoms with Crippen molar-refractivity contribution in [3.8, 4) is 5.75 Å². The zero-order chi connectivity index (χ0) is 14.9. The lowest BCUT2D eigenvalue weighted by molar-refractivity contribution is 0.0693. The Hall–Kier alpha value is -1.60. The molecule has 0 amide bonds. The molecule has 1 saturated heterocycles. The van der Waals surface area contributed by atoms with Crippen LogP contribution in [0, 0.1) is 0 Å². The molecule has 110 valence electrons. The summed E-state index contributed by atoms with van der Waals surface area (Å²) in [5.74, 6) is -1.07. The van der Waals surface area contributed by atoms with E-state index in [1.165, 1.54) is 23.5 Å². The van der Waals surface area contributed by atoms with Gasteiger partial charge >= 0.3 is 5.97 Å².